The lowest BCUT2D eigenvalue weighted by Crippen LogP contribution is -2.45. The number of piperidine rings is 1. The monoisotopic (exact) mass is 268 g/mol. The average Bonchev–Trinajstić information content (AvgIpc) is 2.81. The van der Waals surface area contributed by atoms with E-state index in [1.807, 2.05) is 0 Å². The van der Waals surface area contributed by atoms with Gasteiger partial charge in [-0.3, -0.25) is 0 Å². The van der Waals surface area contributed by atoms with Gasteiger partial charge in [0.25, 0.3) is 0 Å². The molecule has 1 fully saturated rings. The zero-order valence-electron chi connectivity index (χ0n) is 10.3. The van der Waals surface area contributed by atoms with Gasteiger partial charge in [-0.1, -0.05) is 19.1 Å². The van der Waals surface area contributed by atoms with Crippen molar-refractivity contribution in [1.82, 2.24) is 4.90 Å². The summed E-state index contributed by atoms with van der Waals surface area (Å²) in [6.45, 7) is 5.60. The predicted octanol–water partition coefficient (Wildman–Crippen LogP) is 2.68. The first-order chi connectivity index (χ1) is 8.10. The molecule has 2 nitrogen and oxygen atoms in total. The van der Waals surface area contributed by atoms with Crippen molar-refractivity contribution < 1.29 is 0 Å². The van der Waals surface area contributed by atoms with Gasteiger partial charge in [-0.2, -0.15) is 11.3 Å². The van der Waals surface area contributed by atoms with E-state index in [9.17, 15) is 0 Å². The molecule has 0 saturated carbocycles. The van der Waals surface area contributed by atoms with Crippen molar-refractivity contribution in [3.8, 4) is 0 Å². The summed E-state index contributed by atoms with van der Waals surface area (Å²) in [5, 5.41) is 4.39. The number of rotatable bonds is 4. The van der Waals surface area contributed by atoms with E-state index >= 15 is 0 Å². The van der Waals surface area contributed by atoms with Crippen LogP contribution in [0.3, 0.4) is 0 Å². The fourth-order valence-electron chi connectivity index (χ4n) is 2.24. The highest BCUT2D eigenvalue weighted by Gasteiger charge is 2.32. The van der Waals surface area contributed by atoms with Gasteiger partial charge in [0, 0.05) is 12.0 Å². The molecular formula is C13H20N2S2. The van der Waals surface area contributed by atoms with Crippen molar-refractivity contribution in [2.75, 3.05) is 19.6 Å². The van der Waals surface area contributed by atoms with E-state index in [4.69, 9.17) is 18.0 Å². The third-order valence-corrected chi connectivity index (χ3v) is 5.08. The van der Waals surface area contributed by atoms with Gasteiger partial charge < -0.3 is 10.6 Å². The molecule has 2 N–H and O–H groups in total. The molecule has 0 amide bonds. The van der Waals surface area contributed by atoms with E-state index in [0.29, 0.717) is 4.99 Å². The fraction of sp³-hybridized carbons (Fsp3) is 0.615. The molecule has 2 heterocycles. The van der Waals surface area contributed by atoms with E-state index in [1.165, 1.54) is 5.56 Å². The third kappa shape index (κ3) is 3.27. The lowest BCUT2D eigenvalue weighted by atomic mass is 9.80. The van der Waals surface area contributed by atoms with Gasteiger partial charge in [0.2, 0.25) is 0 Å². The molecule has 4 heteroatoms. The molecule has 0 spiro atoms. The number of nitrogens with two attached hydrogens (primary N) is 1. The molecule has 17 heavy (non-hydrogen) atoms. The van der Waals surface area contributed by atoms with Crippen molar-refractivity contribution in [1.29, 1.82) is 0 Å². The van der Waals surface area contributed by atoms with Gasteiger partial charge in [0.15, 0.2) is 0 Å². The molecular weight excluding hydrogens is 248 g/mol. The highest BCUT2D eigenvalue weighted by Crippen LogP contribution is 2.31. The molecule has 1 aliphatic rings. The van der Waals surface area contributed by atoms with Crippen LogP contribution < -0.4 is 5.73 Å². The van der Waals surface area contributed by atoms with Crippen LogP contribution in [0.2, 0.25) is 0 Å². The molecule has 1 saturated heterocycles. The molecule has 0 aliphatic carbocycles. The van der Waals surface area contributed by atoms with Crippen LogP contribution >= 0.6 is 23.6 Å². The summed E-state index contributed by atoms with van der Waals surface area (Å²) in [6, 6.07) is 2.22. The zero-order chi connectivity index (χ0) is 12.3. The first-order valence-corrected chi connectivity index (χ1v) is 7.49. The Balaban J connectivity index is 1.78. The Bertz CT molecular complexity index is 365. The summed E-state index contributed by atoms with van der Waals surface area (Å²) in [5.41, 5.74) is 7.36. The number of thiophene rings is 1. The van der Waals surface area contributed by atoms with E-state index in [1.54, 1.807) is 11.3 Å². The van der Waals surface area contributed by atoms with Crippen LogP contribution in [0.15, 0.2) is 16.8 Å². The van der Waals surface area contributed by atoms with Crippen LogP contribution in [0.1, 0.15) is 25.3 Å². The SMILES string of the molecule is CC1(C(N)=S)CCN(CCc2ccsc2)CC1. The summed E-state index contributed by atoms with van der Waals surface area (Å²) in [5.74, 6) is 0. The number of hydrogen-bond acceptors (Lipinski definition) is 3. The smallest absolute Gasteiger partial charge is 0.0788 e. The maximum absolute atomic E-state index is 5.81. The Hall–Kier alpha value is -0.450. The summed E-state index contributed by atoms with van der Waals surface area (Å²) in [7, 11) is 0. The minimum atomic E-state index is 0.0915. The Labute approximate surface area is 113 Å². The topological polar surface area (TPSA) is 29.3 Å². The minimum Gasteiger partial charge on any atom is -0.393 e. The van der Waals surface area contributed by atoms with Crippen LogP contribution in [-0.2, 0) is 6.42 Å². The minimum absolute atomic E-state index is 0.0915. The van der Waals surface area contributed by atoms with Crippen LogP contribution in [0, 0.1) is 5.41 Å². The van der Waals surface area contributed by atoms with E-state index in [0.717, 1.165) is 38.9 Å². The summed E-state index contributed by atoms with van der Waals surface area (Å²) in [4.78, 5) is 3.22. The summed E-state index contributed by atoms with van der Waals surface area (Å²) >= 11 is 6.94. The quantitative estimate of drug-likeness (QED) is 0.851. The molecule has 0 radical (unpaired) electrons. The average molecular weight is 268 g/mol. The molecule has 0 aromatic carbocycles. The van der Waals surface area contributed by atoms with Crippen molar-refractivity contribution >= 4 is 28.5 Å². The number of likely N-dealkylation sites (tertiary alicyclic amines) is 1. The Morgan fingerprint density at radius 1 is 1.53 bits per heavy atom. The molecule has 0 bridgehead atoms. The lowest BCUT2D eigenvalue weighted by Gasteiger charge is -2.38. The molecule has 1 aliphatic heterocycles. The van der Waals surface area contributed by atoms with Gasteiger partial charge in [-0.15, -0.1) is 0 Å². The standard InChI is InChI=1S/C13H20N2S2/c1-13(12(14)16)4-7-15(8-5-13)6-2-11-3-9-17-10-11/h3,9-10H,2,4-8H2,1H3,(H2,14,16). The number of thiocarbonyl (C=S) groups is 1. The van der Waals surface area contributed by atoms with Crippen molar-refractivity contribution in [3.63, 3.8) is 0 Å². The third-order valence-electron chi connectivity index (χ3n) is 3.85. The Morgan fingerprint density at radius 3 is 2.76 bits per heavy atom. The van der Waals surface area contributed by atoms with Crippen LogP contribution in [0.4, 0.5) is 0 Å². The first-order valence-electron chi connectivity index (χ1n) is 6.13. The molecule has 1 aromatic rings. The molecule has 2 rings (SSSR count). The largest absolute Gasteiger partial charge is 0.393 e. The van der Waals surface area contributed by atoms with E-state index in [-0.39, 0.29) is 5.41 Å². The molecule has 94 valence electrons. The molecule has 0 unspecified atom stereocenters. The van der Waals surface area contributed by atoms with Gasteiger partial charge in [0.05, 0.1) is 4.99 Å². The maximum atomic E-state index is 5.81. The van der Waals surface area contributed by atoms with Gasteiger partial charge in [-0.25, -0.2) is 0 Å². The number of hydrogen-bond donors (Lipinski definition) is 1. The Kier molecular flexibility index (Phi) is 4.17. The van der Waals surface area contributed by atoms with Crippen molar-refractivity contribution in [2.45, 2.75) is 26.2 Å². The second-order valence-electron chi connectivity index (χ2n) is 5.15. The van der Waals surface area contributed by atoms with Crippen LogP contribution in [-0.4, -0.2) is 29.5 Å². The highest BCUT2D eigenvalue weighted by molar-refractivity contribution is 7.80. The normalized spacial score (nSPS) is 20.3. The number of nitrogens with zero attached hydrogens (tertiary/aromatic N) is 1. The Morgan fingerprint density at radius 2 is 2.24 bits per heavy atom. The second kappa shape index (κ2) is 5.46. The first kappa shape index (κ1) is 13.0. The molecule has 0 atom stereocenters. The van der Waals surface area contributed by atoms with E-state index < -0.39 is 0 Å². The van der Waals surface area contributed by atoms with Crippen molar-refractivity contribution in [3.05, 3.63) is 22.4 Å². The van der Waals surface area contributed by atoms with E-state index in [2.05, 4.69) is 28.7 Å². The fourth-order valence-corrected chi connectivity index (χ4v) is 3.15. The van der Waals surface area contributed by atoms with Crippen LogP contribution in [0.25, 0.3) is 0 Å². The highest BCUT2D eigenvalue weighted by atomic mass is 32.1. The van der Waals surface area contributed by atoms with Gasteiger partial charge >= 0.3 is 0 Å². The predicted molar refractivity (Wildman–Crippen MR) is 78.6 cm³/mol. The summed E-state index contributed by atoms with van der Waals surface area (Å²) in [6.07, 6.45) is 3.37. The summed E-state index contributed by atoms with van der Waals surface area (Å²) < 4.78 is 0. The molecule has 1 aromatic heterocycles. The van der Waals surface area contributed by atoms with Crippen molar-refractivity contribution in [2.24, 2.45) is 11.1 Å². The lowest BCUT2D eigenvalue weighted by molar-refractivity contribution is 0.166. The second-order valence-corrected chi connectivity index (χ2v) is 6.37. The van der Waals surface area contributed by atoms with Gasteiger partial charge in [-0.05, 0) is 54.7 Å². The maximum Gasteiger partial charge on any atom is 0.0788 e. The van der Waals surface area contributed by atoms with Crippen LogP contribution in [0.5, 0.6) is 0 Å². The zero-order valence-corrected chi connectivity index (χ0v) is 11.9. The van der Waals surface area contributed by atoms with Gasteiger partial charge in [0.1, 0.15) is 0 Å².